The van der Waals surface area contributed by atoms with Gasteiger partial charge in [0.2, 0.25) is 0 Å². The molecule has 0 radical (unpaired) electrons. The molecule has 156 valence electrons. The number of carbonyl (C=O) groups excluding carboxylic acids is 1. The lowest BCUT2D eigenvalue weighted by atomic mass is 10.2. The zero-order chi connectivity index (χ0) is 21.6. The maximum Gasteiger partial charge on any atom is 0.264 e. The normalized spacial score (nSPS) is 10.8. The van der Waals surface area contributed by atoms with E-state index in [4.69, 9.17) is 9.47 Å². The summed E-state index contributed by atoms with van der Waals surface area (Å²) < 4.78 is 38.2. The molecule has 0 bridgehead atoms. The van der Waals surface area contributed by atoms with E-state index in [9.17, 15) is 13.2 Å². The van der Waals surface area contributed by atoms with Crippen LogP contribution in [0.2, 0.25) is 0 Å². The molecular weight excluding hydrogens is 394 g/mol. The van der Waals surface area contributed by atoms with Gasteiger partial charge in [0.25, 0.3) is 15.9 Å². The Morgan fingerprint density at radius 1 is 1.07 bits per heavy atom. The molecule has 0 fully saturated rings. The molecule has 8 nitrogen and oxygen atoms in total. The van der Waals surface area contributed by atoms with E-state index in [-0.39, 0.29) is 16.3 Å². The van der Waals surface area contributed by atoms with Crippen molar-refractivity contribution in [3.05, 3.63) is 48.0 Å². The number of sulfonamides is 1. The van der Waals surface area contributed by atoms with Crippen LogP contribution in [0.4, 0.5) is 5.69 Å². The minimum atomic E-state index is -4.05. The van der Waals surface area contributed by atoms with Gasteiger partial charge >= 0.3 is 0 Å². The molecule has 2 aromatic rings. The molecule has 0 unspecified atom stereocenters. The second-order valence-corrected chi connectivity index (χ2v) is 8.32. The van der Waals surface area contributed by atoms with E-state index in [0.717, 1.165) is 9.87 Å². The number of hydrogen-bond acceptors (Lipinski definition) is 6. The average molecular weight is 420 g/mol. The number of methoxy groups -OCH3 is 2. The fourth-order valence-electron chi connectivity index (χ4n) is 2.47. The van der Waals surface area contributed by atoms with E-state index in [1.807, 2.05) is 6.92 Å². The Bertz CT molecular complexity index is 997. The zero-order valence-corrected chi connectivity index (χ0v) is 17.9. The van der Waals surface area contributed by atoms with Gasteiger partial charge in [-0.1, -0.05) is 17.7 Å². The number of anilines is 1. The molecule has 0 heterocycles. The van der Waals surface area contributed by atoms with E-state index in [0.29, 0.717) is 11.5 Å². The first-order valence-electron chi connectivity index (χ1n) is 8.80. The first kappa shape index (κ1) is 22.2. The molecule has 0 aliphatic heterocycles. The van der Waals surface area contributed by atoms with Crippen molar-refractivity contribution in [3.8, 4) is 11.5 Å². The van der Waals surface area contributed by atoms with Gasteiger partial charge in [-0.25, -0.2) is 13.8 Å². The third-order valence-corrected chi connectivity index (χ3v) is 5.73. The number of nitrogens with one attached hydrogen (secondary N) is 1. The van der Waals surface area contributed by atoms with Gasteiger partial charge in [0.1, 0.15) is 18.0 Å². The molecule has 29 heavy (non-hydrogen) atoms. The van der Waals surface area contributed by atoms with Gasteiger partial charge in [-0.3, -0.25) is 9.10 Å². The number of hydrazone groups is 1. The highest BCUT2D eigenvalue weighted by atomic mass is 32.2. The molecular formula is C20H25N3O5S. The second-order valence-electron chi connectivity index (χ2n) is 6.46. The summed E-state index contributed by atoms with van der Waals surface area (Å²) in [6.45, 7) is 4.82. The quantitative estimate of drug-likeness (QED) is 0.524. The summed E-state index contributed by atoms with van der Waals surface area (Å²) in [7, 11) is -1.14. The SMILES string of the molecule is COc1ccc(N(CC(=O)NN=C(C)C)S(=O)(=O)c2ccc(C)cc2)c(OC)c1. The van der Waals surface area contributed by atoms with E-state index >= 15 is 0 Å². The molecule has 2 rings (SSSR count). The predicted molar refractivity (Wildman–Crippen MR) is 112 cm³/mol. The molecule has 1 amide bonds. The lowest BCUT2D eigenvalue weighted by Gasteiger charge is -2.25. The average Bonchev–Trinajstić information content (AvgIpc) is 2.70. The number of carbonyl (C=O) groups is 1. The second kappa shape index (κ2) is 9.42. The Morgan fingerprint density at radius 3 is 2.28 bits per heavy atom. The van der Waals surface area contributed by atoms with Crippen LogP contribution >= 0.6 is 0 Å². The maximum absolute atomic E-state index is 13.4. The molecule has 0 saturated carbocycles. The van der Waals surface area contributed by atoms with Gasteiger partial charge in [0.05, 0.1) is 24.8 Å². The van der Waals surface area contributed by atoms with E-state index in [1.54, 1.807) is 38.1 Å². The van der Waals surface area contributed by atoms with Crippen LogP contribution in [0.3, 0.4) is 0 Å². The summed E-state index contributed by atoms with van der Waals surface area (Å²) in [5, 5.41) is 3.85. The van der Waals surface area contributed by atoms with Crippen molar-refractivity contribution in [1.82, 2.24) is 5.43 Å². The van der Waals surface area contributed by atoms with E-state index < -0.39 is 22.5 Å². The van der Waals surface area contributed by atoms with E-state index in [1.165, 1.54) is 32.4 Å². The third kappa shape index (κ3) is 5.47. The van der Waals surface area contributed by atoms with Crippen molar-refractivity contribution in [2.24, 2.45) is 5.10 Å². The summed E-state index contributed by atoms with van der Waals surface area (Å²) >= 11 is 0. The standard InChI is InChI=1S/C20H25N3O5S/c1-14(2)21-22-20(24)13-23(18-11-8-16(27-4)12-19(18)28-5)29(25,26)17-9-6-15(3)7-10-17/h6-12H,13H2,1-5H3,(H,22,24). The molecule has 0 atom stereocenters. The van der Waals surface area contributed by atoms with Gasteiger partial charge < -0.3 is 9.47 Å². The van der Waals surface area contributed by atoms with Gasteiger partial charge in [-0.15, -0.1) is 0 Å². The Hall–Kier alpha value is -3.07. The summed E-state index contributed by atoms with van der Waals surface area (Å²) in [6, 6.07) is 11.1. The highest BCUT2D eigenvalue weighted by Crippen LogP contribution is 2.35. The van der Waals surface area contributed by atoms with Crippen LogP contribution in [0, 0.1) is 6.92 Å². The number of aryl methyl sites for hydroxylation is 1. The molecule has 0 saturated heterocycles. The monoisotopic (exact) mass is 419 g/mol. The van der Waals surface area contributed by atoms with Crippen LogP contribution in [-0.4, -0.2) is 40.8 Å². The first-order valence-corrected chi connectivity index (χ1v) is 10.2. The van der Waals surface area contributed by atoms with Gasteiger partial charge in [0.15, 0.2) is 0 Å². The van der Waals surface area contributed by atoms with Crippen LogP contribution in [-0.2, 0) is 14.8 Å². The van der Waals surface area contributed by atoms with Crippen LogP contribution < -0.4 is 19.2 Å². The van der Waals surface area contributed by atoms with Crippen LogP contribution in [0.15, 0.2) is 52.5 Å². The number of ether oxygens (including phenoxy) is 2. The minimum Gasteiger partial charge on any atom is -0.497 e. The van der Waals surface area contributed by atoms with Crippen molar-refractivity contribution in [3.63, 3.8) is 0 Å². The van der Waals surface area contributed by atoms with Crippen LogP contribution in [0.25, 0.3) is 0 Å². The summed E-state index contributed by atoms with van der Waals surface area (Å²) in [5.41, 5.74) is 4.11. The summed E-state index contributed by atoms with van der Waals surface area (Å²) in [4.78, 5) is 12.5. The zero-order valence-electron chi connectivity index (χ0n) is 17.1. The third-order valence-electron chi connectivity index (χ3n) is 3.96. The highest BCUT2D eigenvalue weighted by molar-refractivity contribution is 7.92. The van der Waals surface area contributed by atoms with Crippen molar-refractivity contribution < 1.29 is 22.7 Å². The van der Waals surface area contributed by atoms with Gasteiger partial charge in [-0.2, -0.15) is 5.10 Å². The van der Waals surface area contributed by atoms with Crippen LogP contribution in [0.5, 0.6) is 11.5 Å². The summed E-state index contributed by atoms with van der Waals surface area (Å²) in [6.07, 6.45) is 0. The fourth-order valence-corrected chi connectivity index (χ4v) is 3.90. The number of benzene rings is 2. The van der Waals surface area contributed by atoms with Crippen molar-refractivity contribution in [2.75, 3.05) is 25.1 Å². The predicted octanol–water partition coefficient (Wildman–Crippen LogP) is 2.72. The molecule has 9 heteroatoms. The molecule has 0 spiro atoms. The van der Waals surface area contributed by atoms with Gasteiger partial charge in [-0.05, 0) is 45.0 Å². The van der Waals surface area contributed by atoms with E-state index in [2.05, 4.69) is 10.5 Å². The minimum absolute atomic E-state index is 0.0592. The smallest absolute Gasteiger partial charge is 0.264 e. The van der Waals surface area contributed by atoms with Crippen LogP contribution in [0.1, 0.15) is 19.4 Å². The maximum atomic E-state index is 13.4. The molecule has 0 aliphatic rings. The Morgan fingerprint density at radius 2 is 1.72 bits per heavy atom. The Kier molecular flexibility index (Phi) is 7.22. The largest absolute Gasteiger partial charge is 0.497 e. The van der Waals surface area contributed by atoms with Crippen molar-refractivity contribution in [1.29, 1.82) is 0 Å². The molecule has 1 N–H and O–H groups in total. The number of nitrogens with zero attached hydrogens (tertiary/aromatic N) is 2. The van der Waals surface area contributed by atoms with Crippen molar-refractivity contribution in [2.45, 2.75) is 25.7 Å². The lowest BCUT2D eigenvalue weighted by Crippen LogP contribution is -2.40. The molecule has 0 aromatic heterocycles. The molecule has 2 aromatic carbocycles. The Labute approximate surface area is 171 Å². The van der Waals surface area contributed by atoms with Gasteiger partial charge in [0, 0.05) is 11.8 Å². The fraction of sp³-hybridized carbons (Fsp3) is 0.300. The first-order chi connectivity index (χ1) is 13.7. The highest BCUT2D eigenvalue weighted by Gasteiger charge is 2.29. The Balaban J connectivity index is 2.55. The number of rotatable bonds is 8. The topological polar surface area (TPSA) is 97.3 Å². The summed E-state index contributed by atoms with van der Waals surface area (Å²) in [5.74, 6) is 0.164. The number of hydrogen-bond donors (Lipinski definition) is 1. The number of amides is 1. The van der Waals surface area contributed by atoms with Crippen molar-refractivity contribution >= 4 is 27.3 Å². The lowest BCUT2D eigenvalue weighted by molar-refractivity contribution is -0.119. The molecule has 0 aliphatic carbocycles.